The fourth-order valence-corrected chi connectivity index (χ4v) is 3.11. The molecule has 1 saturated heterocycles. The Morgan fingerprint density at radius 3 is 2.33 bits per heavy atom. The number of hydrogen-bond acceptors (Lipinski definition) is 4. The van der Waals surface area contributed by atoms with Gasteiger partial charge in [-0.1, -0.05) is 0 Å². The predicted molar refractivity (Wildman–Crippen MR) is 78.7 cm³/mol. The highest BCUT2D eigenvalue weighted by atomic mass is 19.1. The van der Waals surface area contributed by atoms with Crippen LogP contribution in [0.3, 0.4) is 0 Å². The lowest BCUT2D eigenvalue weighted by atomic mass is 9.60. The van der Waals surface area contributed by atoms with Crippen LogP contribution in [0.1, 0.15) is 53.4 Å². The topological polar surface area (TPSA) is 44.8 Å². The average Bonchev–Trinajstić information content (AvgIpc) is 2.60. The lowest BCUT2D eigenvalue weighted by Gasteiger charge is -2.32. The van der Waals surface area contributed by atoms with Gasteiger partial charge in [0, 0.05) is 12.2 Å². The van der Waals surface area contributed by atoms with Gasteiger partial charge in [0.2, 0.25) is 0 Å². The SMILES string of the molecule is COC(=O)CC1CCC(F)C(B2OC(C)(C)C(C)(C)O2)C1. The molecule has 120 valence electrons. The standard InChI is InChI=1S/C15H26BFO4/c1-14(2)15(3,4)21-16(20-14)11-8-10(6-7-12(11)17)9-13(18)19-5/h10-12H,6-9H2,1-5H3. The zero-order valence-electron chi connectivity index (χ0n) is 13.6. The van der Waals surface area contributed by atoms with Crippen LogP contribution in [0, 0.1) is 5.92 Å². The number of ether oxygens (including phenoxy) is 1. The quantitative estimate of drug-likeness (QED) is 0.593. The number of methoxy groups -OCH3 is 1. The third-order valence-corrected chi connectivity index (χ3v) is 5.22. The molecule has 0 spiro atoms. The van der Waals surface area contributed by atoms with Crippen molar-refractivity contribution in [1.29, 1.82) is 0 Å². The largest absolute Gasteiger partial charge is 0.469 e. The van der Waals surface area contributed by atoms with Crippen LogP contribution in [0.5, 0.6) is 0 Å². The van der Waals surface area contributed by atoms with E-state index in [-0.39, 0.29) is 17.7 Å². The van der Waals surface area contributed by atoms with Crippen LogP contribution in [-0.4, -0.2) is 37.6 Å². The Balaban J connectivity index is 2.03. The minimum absolute atomic E-state index is 0.147. The number of carbonyl (C=O) groups is 1. The van der Waals surface area contributed by atoms with E-state index >= 15 is 0 Å². The smallest absolute Gasteiger partial charge is 0.464 e. The molecule has 0 bridgehead atoms. The number of alkyl halides is 1. The minimum Gasteiger partial charge on any atom is -0.469 e. The molecule has 1 aliphatic carbocycles. The Labute approximate surface area is 126 Å². The molecule has 1 saturated carbocycles. The lowest BCUT2D eigenvalue weighted by molar-refractivity contribution is -0.142. The van der Waals surface area contributed by atoms with Gasteiger partial charge in [-0.15, -0.1) is 0 Å². The van der Waals surface area contributed by atoms with E-state index in [1.165, 1.54) is 7.11 Å². The van der Waals surface area contributed by atoms with E-state index < -0.39 is 24.5 Å². The Hall–Kier alpha value is -0.615. The van der Waals surface area contributed by atoms with Crippen LogP contribution in [0.15, 0.2) is 0 Å². The van der Waals surface area contributed by atoms with Crippen LogP contribution in [0.4, 0.5) is 4.39 Å². The van der Waals surface area contributed by atoms with Gasteiger partial charge in [0.05, 0.1) is 18.3 Å². The van der Waals surface area contributed by atoms with Crippen LogP contribution in [0.25, 0.3) is 0 Å². The molecule has 0 radical (unpaired) electrons. The Morgan fingerprint density at radius 2 is 1.81 bits per heavy atom. The number of esters is 1. The molecule has 2 fully saturated rings. The van der Waals surface area contributed by atoms with Crippen molar-refractivity contribution in [3.05, 3.63) is 0 Å². The van der Waals surface area contributed by atoms with Crippen LogP contribution < -0.4 is 0 Å². The second-order valence-electron chi connectivity index (χ2n) is 7.26. The fourth-order valence-electron chi connectivity index (χ4n) is 3.11. The Kier molecular flexibility index (Phi) is 4.69. The number of halogens is 1. The molecule has 0 aromatic carbocycles. The fraction of sp³-hybridized carbons (Fsp3) is 0.933. The van der Waals surface area contributed by atoms with Crippen molar-refractivity contribution in [1.82, 2.24) is 0 Å². The van der Waals surface area contributed by atoms with E-state index in [0.717, 1.165) is 0 Å². The average molecular weight is 300 g/mol. The summed E-state index contributed by atoms with van der Waals surface area (Å²) < 4.78 is 31.0. The minimum atomic E-state index is -0.936. The first-order chi connectivity index (χ1) is 9.66. The molecule has 21 heavy (non-hydrogen) atoms. The molecule has 3 atom stereocenters. The van der Waals surface area contributed by atoms with Crippen LogP contribution in [0.2, 0.25) is 5.82 Å². The lowest BCUT2D eigenvalue weighted by Crippen LogP contribution is -2.41. The van der Waals surface area contributed by atoms with Crippen molar-refractivity contribution in [2.24, 2.45) is 5.92 Å². The summed E-state index contributed by atoms with van der Waals surface area (Å²) in [6.45, 7) is 7.87. The first-order valence-corrected chi connectivity index (χ1v) is 7.73. The van der Waals surface area contributed by atoms with E-state index in [1.54, 1.807) is 0 Å². The zero-order valence-corrected chi connectivity index (χ0v) is 13.6. The van der Waals surface area contributed by atoms with Crippen molar-refractivity contribution >= 4 is 13.1 Å². The number of carbonyl (C=O) groups excluding carboxylic acids is 1. The van der Waals surface area contributed by atoms with E-state index in [0.29, 0.717) is 25.7 Å². The van der Waals surface area contributed by atoms with Crippen molar-refractivity contribution in [3.8, 4) is 0 Å². The maximum Gasteiger partial charge on any atom is 0.464 e. The van der Waals surface area contributed by atoms with E-state index in [9.17, 15) is 9.18 Å². The molecule has 0 amide bonds. The summed E-state index contributed by atoms with van der Waals surface area (Å²) in [7, 11) is 0.847. The van der Waals surface area contributed by atoms with Gasteiger partial charge in [-0.3, -0.25) is 4.79 Å². The Morgan fingerprint density at radius 1 is 1.24 bits per heavy atom. The van der Waals surface area contributed by atoms with Gasteiger partial charge in [-0.2, -0.15) is 0 Å². The number of rotatable bonds is 3. The van der Waals surface area contributed by atoms with E-state index in [1.807, 2.05) is 27.7 Å². The third kappa shape index (κ3) is 3.42. The summed E-state index contributed by atoms with van der Waals surface area (Å²) in [6, 6.07) is 0. The van der Waals surface area contributed by atoms with Gasteiger partial charge in [-0.25, -0.2) is 4.39 Å². The highest BCUT2D eigenvalue weighted by Gasteiger charge is 2.56. The highest BCUT2D eigenvalue weighted by Crippen LogP contribution is 2.46. The molecule has 2 aliphatic rings. The monoisotopic (exact) mass is 300 g/mol. The van der Waals surface area contributed by atoms with E-state index in [2.05, 4.69) is 0 Å². The molecular weight excluding hydrogens is 274 g/mol. The molecule has 2 rings (SSSR count). The van der Waals surface area contributed by atoms with Gasteiger partial charge in [-0.05, 0) is 52.9 Å². The second kappa shape index (κ2) is 5.88. The summed E-state index contributed by atoms with van der Waals surface area (Å²) in [5, 5.41) is 0. The zero-order chi connectivity index (χ0) is 15.8. The van der Waals surface area contributed by atoms with Crippen LogP contribution >= 0.6 is 0 Å². The van der Waals surface area contributed by atoms with Gasteiger partial charge in [0.15, 0.2) is 0 Å². The van der Waals surface area contributed by atoms with Crippen LogP contribution in [-0.2, 0) is 18.8 Å². The molecule has 0 aromatic heterocycles. The summed E-state index contributed by atoms with van der Waals surface area (Å²) in [4.78, 5) is 11.4. The van der Waals surface area contributed by atoms with Gasteiger partial charge in [0.25, 0.3) is 0 Å². The summed E-state index contributed by atoms with van der Waals surface area (Å²) in [5.41, 5.74) is -0.903. The summed E-state index contributed by atoms with van der Waals surface area (Å²) in [5.74, 6) is -0.395. The third-order valence-electron chi connectivity index (χ3n) is 5.22. The summed E-state index contributed by atoms with van der Waals surface area (Å²) in [6.07, 6.45) is 1.18. The second-order valence-corrected chi connectivity index (χ2v) is 7.26. The van der Waals surface area contributed by atoms with Crippen molar-refractivity contribution in [2.45, 2.75) is 76.6 Å². The molecule has 1 aliphatic heterocycles. The maximum absolute atomic E-state index is 14.3. The maximum atomic E-state index is 14.3. The van der Waals surface area contributed by atoms with Crippen molar-refractivity contribution in [3.63, 3.8) is 0 Å². The molecule has 0 aromatic rings. The number of hydrogen-bond donors (Lipinski definition) is 0. The molecule has 3 unspecified atom stereocenters. The normalized spacial score (nSPS) is 34.8. The molecular formula is C15H26BFO4. The Bertz CT molecular complexity index is 383. The first kappa shape index (κ1) is 16.8. The molecule has 6 heteroatoms. The van der Waals surface area contributed by atoms with E-state index in [4.69, 9.17) is 14.0 Å². The molecule has 1 heterocycles. The van der Waals surface area contributed by atoms with Crippen molar-refractivity contribution < 1.29 is 23.2 Å². The van der Waals surface area contributed by atoms with Crippen molar-refractivity contribution in [2.75, 3.05) is 7.11 Å². The van der Waals surface area contributed by atoms with Gasteiger partial charge in [0.1, 0.15) is 6.17 Å². The summed E-state index contributed by atoms with van der Waals surface area (Å²) >= 11 is 0. The molecule has 4 nitrogen and oxygen atoms in total. The molecule has 0 N–H and O–H groups in total. The van der Waals surface area contributed by atoms with Gasteiger partial charge >= 0.3 is 13.1 Å². The van der Waals surface area contributed by atoms with Gasteiger partial charge < -0.3 is 14.0 Å². The predicted octanol–water partition coefficient (Wildman–Crippen LogP) is 3.15. The first-order valence-electron chi connectivity index (χ1n) is 7.73. The highest BCUT2D eigenvalue weighted by molar-refractivity contribution is 6.47.